The first kappa shape index (κ1) is 18.9. The van der Waals surface area contributed by atoms with Gasteiger partial charge in [0.05, 0.1) is 12.5 Å². The topological polar surface area (TPSA) is 49.4 Å². The van der Waals surface area contributed by atoms with Crippen LogP contribution in [0.2, 0.25) is 0 Å². The summed E-state index contributed by atoms with van der Waals surface area (Å²) in [5.74, 6) is 0.150. The Bertz CT molecular complexity index is 899. The van der Waals surface area contributed by atoms with E-state index in [0.29, 0.717) is 5.92 Å². The van der Waals surface area contributed by atoms with Gasteiger partial charge in [-0.1, -0.05) is 56.3 Å². The number of fused-ring (bicyclic) bond motifs is 1. The smallest absolute Gasteiger partial charge is 0.226 e. The second kappa shape index (κ2) is 7.78. The maximum Gasteiger partial charge on any atom is 0.226 e. The van der Waals surface area contributed by atoms with Crippen LogP contribution < -0.4 is 5.32 Å². The first-order chi connectivity index (χ1) is 12.9. The van der Waals surface area contributed by atoms with Crippen LogP contribution in [-0.2, 0) is 9.59 Å². The molecule has 0 spiro atoms. The van der Waals surface area contributed by atoms with Crippen LogP contribution in [0.1, 0.15) is 61.4 Å². The van der Waals surface area contributed by atoms with Crippen LogP contribution in [0, 0.1) is 6.92 Å². The molecule has 2 amide bonds. The lowest BCUT2D eigenvalue weighted by Gasteiger charge is -2.32. The lowest BCUT2D eigenvalue weighted by atomic mass is 9.93. The van der Waals surface area contributed by atoms with Crippen molar-refractivity contribution in [3.8, 4) is 0 Å². The number of para-hydroxylation sites is 1. The fraction of sp³-hybridized carbons (Fsp3) is 0.304. The second-order valence-electron chi connectivity index (χ2n) is 7.33. The number of anilines is 1. The van der Waals surface area contributed by atoms with Crippen molar-refractivity contribution in [2.45, 2.75) is 46.1 Å². The van der Waals surface area contributed by atoms with Crippen LogP contribution >= 0.6 is 0 Å². The highest BCUT2D eigenvalue weighted by molar-refractivity contribution is 5.93. The second-order valence-corrected chi connectivity index (χ2v) is 7.33. The van der Waals surface area contributed by atoms with Gasteiger partial charge in [0.15, 0.2) is 0 Å². The Morgan fingerprint density at radius 3 is 2.56 bits per heavy atom. The summed E-state index contributed by atoms with van der Waals surface area (Å²) in [5, 5.41) is 3.10. The summed E-state index contributed by atoms with van der Waals surface area (Å²) >= 11 is 0. The number of nitrogens with one attached hydrogen (secondary N) is 1. The Hall–Kier alpha value is -2.88. The molecule has 1 N–H and O–H groups in total. The number of amides is 2. The molecular weight excluding hydrogens is 336 g/mol. The molecule has 0 aromatic heterocycles. The molecule has 0 saturated heterocycles. The van der Waals surface area contributed by atoms with Gasteiger partial charge in [-0.05, 0) is 41.2 Å². The van der Waals surface area contributed by atoms with Gasteiger partial charge in [0.1, 0.15) is 0 Å². The normalized spacial score (nSPS) is 15.6. The summed E-state index contributed by atoms with van der Waals surface area (Å²) in [6.45, 7) is 7.76. The van der Waals surface area contributed by atoms with Crippen LogP contribution in [0.25, 0.3) is 6.08 Å². The molecule has 0 unspecified atom stereocenters. The minimum absolute atomic E-state index is 0.0719. The van der Waals surface area contributed by atoms with E-state index in [1.165, 1.54) is 6.92 Å². The Morgan fingerprint density at radius 1 is 1.11 bits per heavy atom. The average molecular weight is 362 g/mol. The fourth-order valence-corrected chi connectivity index (χ4v) is 3.62. The molecule has 3 rings (SSSR count). The van der Waals surface area contributed by atoms with Gasteiger partial charge in [0.25, 0.3) is 0 Å². The van der Waals surface area contributed by atoms with Gasteiger partial charge < -0.3 is 10.2 Å². The zero-order chi connectivity index (χ0) is 19.6. The van der Waals surface area contributed by atoms with Crippen LogP contribution in [-0.4, -0.2) is 16.7 Å². The number of carbonyl (C=O) groups excluding carboxylic acids is 2. The molecule has 27 heavy (non-hydrogen) atoms. The summed E-state index contributed by atoms with van der Waals surface area (Å²) in [7, 11) is 0. The Kier molecular flexibility index (Phi) is 5.45. The van der Waals surface area contributed by atoms with E-state index in [1.807, 2.05) is 55.5 Å². The predicted octanol–water partition coefficient (Wildman–Crippen LogP) is 5.02. The van der Waals surface area contributed by atoms with Gasteiger partial charge in [0, 0.05) is 18.8 Å². The van der Waals surface area contributed by atoms with Crippen molar-refractivity contribution >= 4 is 23.6 Å². The summed E-state index contributed by atoms with van der Waals surface area (Å²) in [4.78, 5) is 26.7. The number of benzene rings is 2. The molecule has 4 heteroatoms. The summed E-state index contributed by atoms with van der Waals surface area (Å²) in [6.07, 6.45) is 3.91. The van der Waals surface area contributed by atoms with E-state index in [0.717, 1.165) is 27.9 Å². The molecule has 0 fully saturated rings. The fourth-order valence-electron chi connectivity index (χ4n) is 3.62. The number of rotatable bonds is 4. The van der Waals surface area contributed by atoms with Crippen molar-refractivity contribution in [2.24, 2.45) is 0 Å². The van der Waals surface area contributed by atoms with E-state index >= 15 is 0 Å². The van der Waals surface area contributed by atoms with Crippen molar-refractivity contribution in [3.63, 3.8) is 0 Å². The first-order valence-electron chi connectivity index (χ1n) is 9.34. The van der Waals surface area contributed by atoms with Crippen LogP contribution in [0.5, 0.6) is 0 Å². The van der Waals surface area contributed by atoms with Crippen LogP contribution in [0.3, 0.4) is 0 Å². The molecule has 140 valence electrons. The molecule has 2 aromatic rings. The zero-order valence-corrected chi connectivity index (χ0v) is 16.3. The van der Waals surface area contributed by atoms with Crippen molar-refractivity contribution in [2.75, 3.05) is 5.32 Å². The van der Waals surface area contributed by atoms with Gasteiger partial charge in [-0.25, -0.2) is 0 Å². The Morgan fingerprint density at radius 2 is 1.85 bits per heavy atom. The van der Waals surface area contributed by atoms with E-state index in [1.54, 1.807) is 11.1 Å². The van der Waals surface area contributed by atoms with E-state index < -0.39 is 0 Å². The van der Waals surface area contributed by atoms with E-state index in [9.17, 15) is 9.59 Å². The third-order valence-electron chi connectivity index (χ3n) is 5.04. The highest BCUT2D eigenvalue weighted by Crippen LogP contribution is 2.34. The van der Waals surface area contributed by atoms with E-state index in [4.69, 9.17) is 0 Å². The molecule has 4 nitrogen and oxygen atoms in total. The van der Waals surface area contributed by atoms with Crippen LogP contribution in [0.15, 0.2) is 48.7 Å². The standard InChI is InChI=1S/C23H26N2O2/c1-15(2)19-11-7-8-16(3)23(19)24-22(27)14-21-20-10-6-5-9-18(20)12-13-25(21)17(4)26/h5-13,15,21H,14H2,1-4H3,(H,24,27)/t21-/m1/s1. The summed E-state index contributed by atoms with van der Waals surface area (Å²) in [5.41, 5.74) is 5.09. The third kappa shape index (κ3) is 3.95. The SMILES string of the molecule is CC(=O)N1C=Cc2ccccc2[C@H]1CC(=O)Nc1c(C)cccc1C(C)C. The Labute approximate surface area is 160 Å². The molecule has 0 radical (unpaired) electrons. The number of aryl methyl sites for hydroxylation is 1. The summed E-state index contributed by atoms with van der Waals surface area (Å²) in [6, 6.07) is 13.7. The predicted molar refractivity (Wildman–Crippen MR) is 109 cm³/mol. The highest BCUT2D eigenvalue weighted by Gasteiger charge is 2.28. The Balaban J connectivity index is 1.87. The molecule has 1 heterocycles. The average Bonchev–Trinajstić information content (AvgIpc) is 2.63. The molecular formula is C23H26N2O2. The van der Waals surface area contributed by atoms with Crippen molar-refractivity contribution in [1.29, 1.82) is 0 Å². The van der Waals surface area contributed by atoms with Crippen molar-refractivity contribution in [1.82, 2.24) is 4.90 Å². The lowest BCUT2D eigenvalue weighted by Crippen LogP contribution is -2.33. The number of nitrogens with zero attached hydrogens (tertiary/aromatic N) is 1. The minimum Gasteiger partial charge on any atom is -0.326 e. The van der Waals surface area contributed by atoms with Gasteiger partial charge in [-0.3, -0.25) is 9.59 Å². The molecule has 1 atom stereocenters. The number of hydrogen-bond acceptors (Lipinski definition) is 2. The molecule has 0 aliphatic carbocycles. The number of carbonyl (C=O) groups is 2. The van der Waals surface area contributed by atoms with Crippen molar-refractivity contribution in [3.05, 3.63) is 70.9 Å². The quantitative estimate of drug-likeness (QED) is 0.830. The van der Waals surface area contributed by atoms with Gasteiger partial charge in [-0.15, -0.1) is 0 Å². The monoisotopic (exact) mass is 362 g/mol. The lowest BCUT2D eigenvalue weighted by molar-refractivity contribution is -0.129. The van der Waals surface area contributed by atoms with Gasteiger partial charge in [0.2, 0.25) is 11.8 Å². The van der Waals surface area contributed by atoms with Crippen molar-refractivity contribution < 1.29 is 9.59 Å². The molecule has 0 saturated carbocycles. The van der Waals surface area contributed by atoms with Crippen LogP contribution in [0.4, 0.5) is 5.69 Å². The summed E-state index contributed by atoms with van der Waals surface area (Å²) < 4.78 is 0. The molecule has 1 aliphatic rings. The minimum atomic E-state index is -0.296. The first-order valence-corrected chi connectivity index (χ1v) is 9.34. The van der Waals surface area contributed by atoms with E-state index in [-0.39, 0.29) is 24.3 Å². The maximum absolute atomic E-state index is 12.9. The molecule has 2 aromatic carbocycles. The maximum atomic E-state index is 12.9. The van der Waals surface area contributed by atoms with Gasteiger partial charge in [-0.2, -0.15) is 0 Å². The number of hydrogen-bond donors (Lipinski definition) is 1. The molecule has 1 aliphatic heterocycles. The largest absolute Gasteiger partial charge is 0.326 e. The van der Waals surface area contributed by atoms with E-state index in [2.05, 4.69) is 19.2 Å². The molecule has 0 bridgehead atoms. The van der Waals surface area contributed by atoms with Gasteiger partial charge >= 0.3 is 0 Å². The highest BCUT2D eigenvalue weighted by atomic mass is 16.2. The third-order valence-corrected chi connectivity index (χ3v) is 5.04. The zero-order valence-electron chi connectivity index (χ0n) is 16.3.